The number of β-amino-alcohol motifs (C(OH)–C–C–N with tert-alkyl or cyclic N) is 1. The number of para-hydroxylation sites is 2. The molecule has 0 aliphatic carbocycles. The molecule has 7 nitrogen and oxygen atoms in total. The molecule has 2 N–H and O–H groups in total. The molecule has 4 aromatic rings. The number of carboxylic acid groups (broad SMARTS) is 1. The van der Waals surface area contributed by atoms with Crippen LogP contribution < -0.4 is 10.2 Å². The van der Waals surface area contributed by atoms with Crippen LogP contribution in [0.15, 0.2) is 88.1 Å². The number of alkyl halides is 3. The van der Waals surface area contributed by atoms with Crippen LogP contribution in [0.2, 0.25) is 0 Å². The number of halogens is 3. The summed E-state index contributed by atoms with van der Waals surface area (Å²) in [5.74, 6) is -1.16. The number of likely N-dealkylation sites (N-methyl/N-ethyl adjacent to an activating group) is 1. The summed E-state index contributed by atoms with van der Waals surface area (Å²) in [6.07, 6.45) is -5.03. The number of fused-ring (bicyclic) bond motifs is 1. The van der Waals surface area contributed by atoms with E-state index in [1.165, 1.54) is 0 Å². The number of benzene rings is 3. The minimum Gasteiger partial charge on any atom is -0.475 e. The SMILES string of the molecule is CN1CC[C@H](c2c(-c3cccc(Oc4ccccc4)c3)oc3ccccc3c2=O)[C@H](O)C1.O=C(O)C(F)(F)F. The number of hydrogen-bond donors (Lipinski definition) is 2. The van der Waals surface area contributed by atoms with Crippen molar-refractivity contribution in [1.82, 2.24) is 4.90 Å². The molecule has 1 aliphatic rings. The van der Waals surface area contributed by atoms with Gasteiger partial charge in [0.1, 0.15) is 22.8 Å². The molecular formula is C29H26F3NO6. The van der Waals surface area contributed by atoms with Gasteiger partial charge in [-0.25, -0.2) is 4.79 Å². The summed E-state index contributed by atoms with van der Waals surface area (Å²) >= 11 is 0. The number of nitrogens with zero attached hydrogens (tertiary/aromatic N) is 1. The predicted molar refractivity (Wildman–Crippen MR) is 139 cm³/mol. The molecule has 39 heavy (non-hydrogen) atoms. The molecule has 0 bridgehead atoms. The fourth-order valence-corrected chi connectivity index (χ4v) is 4.46. The standard InChI is InChI=1S/C27H25NO4.C2HF3O2/c1-28-15-14-21(23(29)17-28)25-26(30)22-12-5-6-13-24(22)32-27(25)18-8-7-11-20(16-18)31-19-9-3-2-4-10-19;3-2(4,5)1(6)7/h2-13,16,21,23,29H,14-15,17H2,1H3;(H,6,7)/t21-,23+;/m0./s1. The quantitative estimate of drug-likeness (QED) is 0.344. The summed E-state index contributed by atoms with van der Waals surface area (Å²) in [6, 6.07) is 24.4. The molecule has 0 saturated carbocycles. The first kappa shape index (κ1) is 27.9. The third-order valence-electron chi connectivity index (χ3n) is 6.31. The van der Waals surface area contributed by atoms with Crippen LogP contribution in [0.1, 0.15) is 17.9 Å². The molecule has 1 fully saturated rings. The van der Waals surface area contributed by atoms with Gasteiger partial charge < -0.3 is 24.3 Å². The molecule has 1 saturated heterocycles. The first-order chi connectivity index (χ1) is 18.5. The molecule has 1 aliphatic heterocycles. The summed E-state index contributed by atoms with van der Waals surface area (Å²) in [7, 11) is 1.98. The minimum atomic E-state index is -5.08. The lowest BCUT2D eigenvalue weighted by atomic mass is 9.84. The van der Waals surface area contributed by atoms with Crippen LogP contribution in [0.25, 0.3) is 22.3 Å². The van der Waals surface area contributed by atoms with Gasteiger partial charge in [-0.3, -0.25) is 4.79 Å². The van der Waals surface area contributed by atoms with E-state index in [1.54, 1.807) is 12.1 Å². The highest BCUT2D eigenvalue weighted by Gasteiger charge is 2.38. The summed E-state index contributed by atoms with van der Waals surface area (Å²) in [4.78, 5) is 24.6. The second kappa shape index (κ2) is 11.7. The topological polar surface area (TPSA) is 100 Å². The smallest absolute Gasteiger partial charge is 0.475 e. The van der Waals surface area contributed by atoms with E-state index in [2.05, 4.69) is 4.90 Å². The molecule has 204 valence electrons. The van der Waals surface area contributed by atoms with Crippen molar-refractivity contribution in [3.63, 3.8) is 0 Å². The number of carbonyl (C=O) groups is 1. The van der Waals surface area contributed by atoms with Gasteiger partial charge in [0.25, 0.3) is 0 Å². The van der Waals surface area contributed by atoms with Crippen molar-refractivity contribution in [3.8, 4) is 22.8 Å². The normalized spacial score (nSPS) is 17.8. The molecular weight excluding hydrogens is 515 g/mol. The number of ether oxygens (including phenoxy) is 1. The average Bonchev–Trinajstić information content (AvgIpc) is 2.90. The Morgan fingerprint density at radius 1 is 1.00 bits per heavy atom. The molecule has 0 radical (unpaired) electrons. The number of carboxylic acids is 1. The predicted octanol–water partition coefficient (Wildman–Crippen LogP) is 5.67. The van der Waals surface area contributed by atoms with Crippen molar-refractivity contribution in [2.45, 2.75) is 24.6 Å². The molecule has 0 unspecified atom stereocenters. The highest BCUT2D eigenvalue weighted by atomic mass is 19.4. The van der Waals surface area contributed by atoms with Gasteiger partial charge in [0.05, 0.1) is 11.5 Å². The number of aliphatic hydroxyl groups excluding tert-OH is 1. The highest BCUT2D eigenvalue weighted by molar-refractivity contribution is 5.81. The lowest BCUT2D eigenvalue weighted by Crippen LogP contribution is -2.42. The van der Waals surface area contributed by atoms with Crippen LogP contribution in [0.3, 0.4) is 0 Å². The number of hydrogen-bond acceptors (Lipinski definition) is 6. The fourth-order valence-electron chi connectivity index (χ4n) is 4.46. The minimum absolute atomic E-state index is 0.0789. The Morgan fingerprint density at radius 2 is 1.64 bits per heavy atom. The van der Waals surface area contributed by atoms with Crippen molar-refractivity contribution in [3.05, 3.63) is 94.6 Å². The largest absolute Gasteiger partial charge is 0.490 e. The van der Waals surface area contributed by atoms with Crippen LogP contribution in [0.5, 0.6) is 11.5 Å². The average molecular weight is 542 g/mol. The Kier molecular flexibility index (Phi) is 8.37. The first-order valence-electron chi connectivity index (χ1n) is 12.1. The van der Waals surface area contributed by atoms with E-state index in [0.717, 1.165) is 17.9 Å². The maximum atomic E-state index is 13.6. The van der Waals surface area contributed by atoms with E-state index in [1.807, 2.05) is 73.8 Å². The zero-order valence-electron chi connectivity index (χ0n) is 20.9. The lowest BCUT2D eigenvalue weighted by Gasteiger charge is -2.34. The van der Waals surface area contributed by atoms with E-state index >= 15 is 0 Å². The van der Waals surface area contributed by atoms with Crippen LogP contribution in [0, 0.1) is 0 Å². The number of aliphatic carboxylic acids is 1. The van der Waals surface area contributed by atoms with Gasteiger partial charge in [0.15, 0.2) is 5.43 Å². The van der Waals surface area contributed by atoms with Gasteiger partial charge in [0, 0.05) is 23.6 Å². The van der Waals surface area contributed by atoms with Gasteiger partial charge in [-0.1, -0.05) is 42.5 Å². The number of piperidine rings is 1. The second-order valence-electron chi connectivity index (χ2n) is 9.14. The molecule has 10 heteroatoms. The highest BCUT2D eigenvalue weighted by Crippen LogP contribution is 2.37. The van der Waals surface area contributed by atoms with Gasteiger partial charge in [-0.15, -0.1) is 0 Å². The Labute approximate surface area is 221 Å². The van der Waals surface area contributed by atoms with Crippen LogP contribution >= 0.6 is 0 Å². The van der Waals surface area contributed by atoms with Crippen LogP contribution in [0.4, 0.5) is 13.2 Å². The summed E-state index contributed by atoms with van der Waals surface area (Å²) in [5.41, 5.74) is 1.75. The van der Waals surface area contributed by atoms with Crippen LogP contribution in [-0.2, 0) is 4.79 Å². The first-order valence-corrected chi connectivity index (χ1v) is 12.1. The number of likely N-dealkylation sites (tertiary alicyclic amines) is 1. The zero-order chi connectivity index (χ0) is 28.2. The maximum absolute atomic E-state index is 13.6. The van der Waals surface area contributed by atoms with E-state index in [0.29, 0.717) is 41.0 Å². The van der Waals surface area contributed by atoms with Gasteiger partial charge in [0.2, 0.25) is 0 Å². The summed E-state index contributed by atoms with van der Waals surface area (Å²) in [6.45, 7) is 1.33. The summed E-state index contributed by atoms with van der Waals surface area (Å²) < 4.78 is 44.1. The maximum Gasteiger partial charge on any atom is 0.490 e. The number of rotatable bonds is 4. The zero-order valence-corrected chi connectivity index (χ0v) is 20.9. The Balaban J connectivity index is 0.000000448. The third-order valence-corrected chi connectivity index (χ3v) is 6.31. The molecule has 2 heterocycles. The fraction of sp³-hybridized carbons (Fsp3) is 0.241. The Morgan fingerprint density at radius 3 is 2.31 bits per heavy atom. The Hall–Kier alpha value is -4.15. The molecule has 3 aromatic carbocycles. The van der Waals surface area contributed by atoms with Gasteiger partial charge in [-0.2, -0.15) is 13.2 Å². The molecule has 0 spiro atoms. The third kappa shape index (κ3) is 6.65. The van der Waals surface area contributed by atoms with Crippen molar-refractivity contribution in [2.75, 3.05) is 20.1 Å². The van der Waals surface area contributed by atoms with E-state index < -0.39 is 18.2 Å². The second-order valence-corrected chi connectivity index (χ2v) is 9.14. The van der Waals surface area contributed by atoms with Crippen LogP contribution in [-0.4, -0.2) is 53.5 Å². The molecule has 1 aromatic heterocycles. The molecule has 5 rings (SSSR count). The summed E-state index contributed by atoms with van der Waals surface area (Å²) in [5, 5.41) is 18.5. The van der Waals surface area contributed by atoms with Crippen molar-refractivity contribution >= 4 is 16.9 Å². The van der Waals surface area contributed by atoms with Crippen molar-refractivity contribution in [1.29, 1.82) is 0 Å². The van der Waals surface area contributed by atoms with Gasteiger partial charge in [-0.05, 0) is 56.4 Å². The molecule has 0 amide bonds. The van der Waals surface area contributed by atoms with E-state index in [-0.39, 0.29) is 11.3 Å². The lowest BCUT2D eigenvalue weighted by molar-refractivity contribution is -0.192. The monoisotopic (exact) mass is 541 g/mol. The number of aliphatic hydroxyl groups is 1. The van der Waals surface area contributed by atoms with Gasteiger partial charge >= 0.3 is 12.1 Å². The van der Waals surface area contributed by atoms with Crippen molar-refractivity contribution < 1.29 is 37.3 Å². The molecule has 2 atom stereocenters. The van der Waals surface area contributed by atoms with E-state index in [9.17, 15) is 23.1 Å². The van der Waals surface area contributed by atoms with Crippen molar-refractivity contribution in [2.24, 2.45) is 0 Å². The Bertz CT molecular complexity index is 1500. The van der Waals surface area contributed by atoms with E-state index in [4.69, 9.17) is 19.1 Å².